The van der Waals surface area contributed by atoms with Gasteiger partial charge in [-0.3, -0.25) is 4.79 Å². The number of amides is 1. The smallest absolute Gasteiger partial charge is 0.252 e. The van der Waals surface area contributed by atoms with Crippen LogP contribution in [0.4, 0.5) is 5.82 Å². The first-order valence-electron chi connectivity index (χ1n) is 8.50. The maximum Gasteiger partial charge on any atom is 0.252 e. The number of aromatic nitrogens is 4. The standard InChI is InChI=1S/C20H17N5O2/c1-3-11-27-15-7-5-14(6-8-15)16-12-17(26)23-19-18(16)13(2)24-25(19)20-21-9-4-10-22-20/h1,4-10,16H,11-12H2,2H3,(H,23,26). The number of carbonyl (C=O) groups excluding carboxylic acids is 1. The van der Waals surface area contributed by atoms with Crippen molar-refractivity contribution in [2.24, 2.45) is 0 Å². The summed E-state index contributed by atoms with van der Waals surface area (Å²) in [6.45, 7) is 2.14. The molecule has 4 rings (SSSR count). The van der Waals surface area contributed by atoms with E-state index in [1.54, 1.807) is 23.1 Å². The molecule has 0 spiro atoms. The van der Waals surface area contributed by atoms with Gasteiger partial charge in [-0.05, 0) is 30.7 Å². The number of ether oxygens (including phenoxy) is 1. The number of benzene rings is 1. The lowest BCUT2D eigenvalue weighted by atomic mass is 9.86. The summed E-state index contributed by atoms with van der Waals surface area (Å²) in [6.07, 6.45) is 8.85. The molecule has 3 aromatic rings. The summed E-state index contributed by atoms with van der Waals surface area (Å²) in [5.41, 5.74) is 2.81. The molecule has 0 saturated carbocycles. The fourth-order valence-electron chi connectivity index (χ4n) is 3.30. The number of terminal acetylenes is 1. The first kappa shape index (κ1) is 16.8. The monoisotopic (exact) mass is 359 g/mol. The fourth-order valence-corrected chi connectivity index (χ4v) is 3.30. The minimum atomic E-state index is -0.104. The summed E-state index contributed by atoms with van der Waals surface area (Å²) in [7, 11) is 0. The van der Waals surface area contributed by atoms with Crippen LogP contribution in [0.3, 0.4) is 0 Å². The molecule has 1 unspecified atom stereocenters. The zero-order valence-corrected chi connectivity index (χ0v) is 14.7. The fraction of sp³-hybridized carbons (Fsp3) is 0.200. The van der Waals surface area contributed by atoms with Gasteiger partial charge in [0.2, 0.25) is 5.91 Å². The van der Waals surface area contributed by atoms with Gasteiger partial charge in [-0.25, -0.2) is 9.97 Å². The number of hydrogen-bond donors (Lipinski definition) is 1. The second-order valence-electron chi connectivity index (χ2n) is 6.18. The second-order valence-corrected chi connectivity index (χ2v) is 6.18. The highest BCUT2D eigenvalue weighted by atomic mass is 16.5. The molecule has 0 fully saturated rings. The van der Waals surface area contributed by atoms with E-state index in [0.29, 0.717) is 23.9 Å². The molecule has 27 heavy (non-hydrogen) atoms. The predicted molar refractivity (Wildman–Crippen MR) is 99.8 cm³/mol. The molecule has 1 amide bonds. The van der Waals surface area contributed by atoms with Gasteiger partial charge in [-0.2, -0.15) is 9.78 Å². The van der Waals surface area contributed by atoms with Gasteiger partial charge in [0.05, 0.1) is 5.69 Å². The number of nitrogens with one attached hydrogen (secondary N) is 1. The van der Waals surface area contributed by atoms with Crippen molar-refractivity contribution in [3.05, 3.63) is 59.5 Å². The Morgan fingerprint density at radius 2 is 2.04 bits per heavy atom. The molecule has 7 heteroatoms. The number of hydrogen-bond acceptors (Lipinski definition) is 5. The van der Waals surface area contributed by atoms with E-state index >= 15 is 0 Å². The van der Waals surface area contributed by atoms with Gasteiger partial charge in [0.25, 0.3) is 5.95 Å². The lowest BCUT2D eigenvalue weighted by Crippen LogP contribution is -2.25. The summed E-state index contributed by atoms with van der Waals surface area (Å²) >= 11 is 0. The number of nitrogens with zero attached hydrogens (tertiary/aromatic N) is 4. The summed E-state index contributed by atoms with van der Waals surface area (Å²) in [6, 6.07) is 9.36. The summed E-state index contributed by atoms with van der Waals surface area (Å²) in [5, 5.41) is 7.48. The molecular formula is C20H17N5O2. The van der Waals surface area contributed by atoms with E-state index in [-0.39, 0.29) is 18.4 Å². The van der Waals surface area contributed by atoms with E-state index in [1.807, 2.05) is 31.2 Å². The molecule has 1 aliphatic rings. The third kappa shape index (κ3) is 3.13. The van der Waals surface area contributed by atoms with Crippen LogP contribution in [0, 0.1) is 19.3 Å². The second kappa shape index (κ2) is 6.92. The molecule has 1 aliphatic heterocycles. The Hall–Kier alpha value is -3.66. The molecule has 0 aliphatic carbocycles. The summed E-state index contributed by atoms with van der Waals surface area (Å²) < 4.78 is 7.01. The Kier molecular flexibility index (Phi) is 4.30. The van der Waals surface area contributed by atoms with Crippen molar-refractivity contribution < 1.29 is 9.53 Å². The Balaban J connectivity index is 1.74. The number of fused-ring (bicyclic) bond motifs is 1. The van der Waals surface area contributed by atoms with E-state index in [9.17, 15) is 4.79 Å². The molecule has 3 heterocycles. The van der Waals surface area contributed by atoms with Gasteiger partial charge in [0.1, 0.15) is 18.2 Å². The average molecular weight is 359 g/mol. The van der Waals surface area contributed by atoms with Crippen LogP contribution in [-0.2, 0) is 4.79 Å². The van der Waals surface area contributed by atoms with Crippen molar-refractivity contribution in [1.82, 2.24) is 19.7 Å². The maximum absolute atomic E-state index is 12.4. The van der Waals surface area contributed by atoms with Gasteiger partial charge in [-0.1, -0.05) is 18.1 Å². The van der Waals surface area contributed by atoms with Crippen molar-refractivity contribution in [1.29, 1.82) is 0 Å². The molecule has 1 aromatic carbocycles. The molecule has 2 aromatic heterocycles. The van der Waals surface area contributed by atoms with Crippen LogP contribution < -0.4 is 10.1 Å². The van der Waals surface area contributed by atoms with Gasteiger partial charge in [0.15, 0.2) is 0 Å². The van der Waals surface area contributed by atoms with E-state index in [0.717, 1.165) is 16.8 Å². The molecule has 0 bridgehead atoms. The molecule has 0 saturated heterocycles. The number of rotatable bonds is 4. The van der Waals surface area contributed by atoms with E-state index in [1.165, 1.54) is 0 Å². The highest BCUT2D eigenvalue weighted by molar-refractivity contribution is 5.95. The van der Waals surface area contributed by atoms with E-state index in [2.05, 4.69) is 26.3 Å². The summed E-state index contributed by atoms with van der Waals surface area (Å²) in [5.74, 6) is 4.00. The first-order chi connectivity index (χ1) is 13.2. The van der Waals surface area contributed by atoms with Crippen LogP contribution in [0.2, 0.25) is 0 Å². The lowest BCUT2D eigenvalue weighted by molar-refractivity contribution is -0.116. The van der Waals surface area contributed by atoms with Gasteiger partial charge >= 0.3 is 0 Å². The van der Waals surface area contributed by atoms with Crippen molar-refractivity contribution in [2.75, 3.05) is 11.9 Å². The van der Waals surface area contributed by atoms with Gasteiger partial charge in [0, 0.05) is 30.3 Å². The Bertz CT molecular complexity index is 1020. The Morgan fingerprint density at radius 1 is 1.30 bits per heavy atom. The van der Waals surface area contributed by atoms with Crippen LogP contribution in [-0.4, -0.2) is 32.3 Å². The van der Waals surface area contributed by atoms with Crippen LogP contribution in [0.25, 0.3) is 5.95 Å². The SMILES string of the molecule is C#CCOc1ccc(C2CC(=O)Nc3c2c(C)nn3-c2ncccn2)cc1. The quantitative estimate of drug-likeness (QED) is 0.724. The largest absolute Gasteiger partial charge is 0.481 e. The van der Waals surface area contributed by atoms with Gasteiger partial charge in [-0.15, -0.1) is 6.42 Å². The third-order valence-electron chi connectivity index (χ3n) is 4.45. The lowest BCUT2D eigenvalue weighted by Gasteiger charge is -2.24. The zero-order valence-electron chi connectivity index (χ0n) is 14.7. The first-order valence-corrected chi connectivity index (χ1v) is 8.50. The molecule has 7 nitrogen and oxygen atoms in total. The highest BCUT2D eigenvalue weighted by Gasteiger charge is 2.33. The number of aryl methyl sites for hydroxylation is 1. The normalized spacial score (nSPS) is 15.6. The van der Waals surface area contributed by atoms with Crippen molar-refractivity contribution in [2.45, 2.75) is 19.3 Å². The topological polar surface area (TPSA) is 81.9 Å². The van der Waals surface area contributed by atoms with Crippen molar-refractivity contribution in [3.63, 3.8) is 0 Å². The van der Waals surface area contributed by atoms with E-state index in [4.69, 9.17) is 11.2 Å². The van der Waals surface area contributed by atoms with Crippen molar-refractivity contribution >= 4 is 11.7 Å². The third-order valence-corrected chi connectivity index (χ3v) is 4.45. The maximum atomic E-state index is 12.4. The minimum absolute atomic E-state index is 0.0720. The van der Waals surface area contributed by atoms with E-state index < -0.39 is 0 Å². The molecule has 0 radical (unpaired) electrons. The molecule has 1 N–H and O–H groups in total. The molecular weight excluding hydrogens is 342 g/mol. The predicted octanol–water partition coefficient (Wildman–Crippen LogP) is 2.46. The Morgan fingerprint density at radius 3 is 2.74 bits per heavy atom. The van der Waals surface area contributed by atoms with Crippen molar-refractivity contribution in [3.8, 4) is 24.0 Å². The zero-order chi connectivity index (χ0) is 18.8. The molecule has 134 valence electrons. The van der Waals surface area contributed by atoms with Gasteiger partial charge < -0.3 is 10.1 Å². The average Bonchev–Trinajstić information content (AvgIpc) is 3.03. The van der Waals surface area contributed by atoms with Crippen LogP contribution in [0.5, 0.6) is 5.75 Å². The summed E-state index contributed by atoms with van der Waals surface area (Å²) in [4.78, 5) is 20.8. The number of carbonyl (C=O) groups is 1. The van der Waals surface area contributed by atoms with Crippen LogP contribution in [0.1, 0.15) is 29.2 Å². The highest BCUT2D eigenvalue weighted by Crippen LogP contribution is 2.40. The minimum Gasteiger partial charge on any atom is -0.481 e. The van der Waals surface area contributed by atoms with Crippen LogP contribution in [0.15, 0.2) is 42.7 Å². The molecule has 1 atom stereocenters. The van der Waals surface area contributed by atoms with Crippen LogP contribution >= 0.6 is 0 Å². The Labute approximate surface area is 156 Å². The number of anilines is 1.